The highest BCUT2D eigenvalue weighted by atomic mass is 35.5. The molecule has 1 aromatic heterocycles. The molecule has 0 aliphatic carbocycles. The quantitative estimate of drug-likeness (QED) is 0.797. The maximum Gasteiger partial charge on any atom is 0.243 e. The van der Waals surface area contributed by atoms with Gasteiger partial charge in [0.15, 0.2) is 9.84 Å². The number of hydrogen-bond acceptors (Lipinski definition) is 5. The SMILES string of the molecule is O=S(=O)(Cc1ccco1)C1CN(S(=O)(=O)c2cccc(Cl)c2)C1. The first-order valence-corrected chi connectivity index (χ1v) is 10.3. The van der Waals surface area contributed by atoms with Gasteiger partial charge in [0.1, 0.15) is 11.5 Å². The highest BCUT2D eigenvalue weighted by Gasteiger charge is 2.43. The molecule has 1 fully saturated rings. The maximum absolute atomic E-state index is 12.4. The predicted octanol–water partition coefficient (Wildman–Crippen LogP) is 1.92. The van der Waals surface area contributed by atoms with Crippen molar-refractivity contribution in [1.29, 1.82) is 0 Å². The fourth-order valence-corrected chi connectivity index (χ4v) is 5.94. The summed E-state index contributed by atoms with van der Waals surface area (Å²) in [5, 5.41) is -0.407. The predicted molar refractivity (Wildman–Crippen MR) is 85.3 cm³/mol. The molecule has 1 saturated heterocycles. The monoisotopic (exact) mass is 375 g/mol. The Morgan fingerprint density at radius 1 is 1.13 bits per heavy atom. The van der Waals surface area contributed by atoms with Crippen LogP contribution in [0.5, 0.6) is 0 Å². The van der Waals surface area contributed by atoms with Crippen LogP contribution in [0.4, 0.5) is 0 Å². The van der Waals surface area contributed by atoms with Crippen molar-refractivity contribution in [3.63, 3.8) is 0 Å². The first-order chi connectivity index (χ1) is 10.8. The molecule has 0 atom stereocenters. The Bertz CT molecular complexity index is 900. The van der Waals surface area contributed by atoms with Crippen LogP contribution in [0.25, 0.3) is 0 Å². The summed E-state index contributed by atoms with van der Waals surface area (Å²) >= 11 is 5.81. The van der Waals surface area contributed by atoms with Gasteiger partial charge in [-0.05, 0) is 30.3 Å². The number of furan rings is 1. The Morgan fingerprint density at radius 2 is 1.87 bits per heavy atom. The third-order valence-corrected chi connectivity index (χ3v) is 7.74. The lowest BCUT2D eigenvalue weighted by molar-refractivity contribution is 0.309. The molecule has 3 rings (SSSR count). The lowest BCUT2D eigenvalue weighted by Gasteiger charge is -2.37. The minimum Gasteiger partial charge on any atom is -0.468 e. The van der Waals surface area contributed by atoms with Crippen LogP contribution < -0.4 is 0 Å². The Hall–Kier alpha value is -1.35. The summed E-state index contributed by atoms with van der Waals surface area (Å²) in [5.74, 6) is 0.122. The molecule has 0 amide bonds. The van der Waals surface area contributed by atoms with Gasteiger partial charge in [-0.25, -0.2) is 16.8 Å². The van der Waals surface area contributed by atoms with Crippen LogP contribution in [0.3, 0.4) is 0 Å². The molecule has 23 heavy (non-hydrogen) atoms. The van der Waals surface area contributed by atoms with Gasteiger partial charge in [0, 0.05) is 18.1 Å². The molecule has 0 saturated carbocycles. The van der Waals surface area contributed by atoms with E-state index in [9.17, 15) is 16.8 Å². The second kappa shape index (κ2) is 5.94. The van der Waals surface area contributed by atoms with Crippen LogP contribution in [0, 0.1) is 0 Å². The largest absolute Gasteiger partial charge is 0.468 e. The highest BCUT2D eigenvalue weighted by molar-refractivity contribution is 7.92. The van der Waals surface area contributed by atoms with E-state index < -0.39 is 25.1 Å². The number of rotatable bonds is 5. The van der Waals surface area contributed by atoms with E-state index in [1.54, 1.807) is 24.3 Å². The first-order valence-electron chi connectivity index (χ1n) is 6.79. The first kappa shape index (κ1) is 16.5. The van der Waals surface area contributed by atoms with E-state index in [4.69, 9.17) is 16.0 Å². The summed E-state index contributed by atoms with van der Waals surface area (Å²) < 4.78 is 55.5. The van der Waals surface area contributed by atoms with Gasteiger partial charge in [-0.2, -0.15) is 4.31 Å². The summed E-state index contributed by atoms with van der Waals surface area (Å²) in [4.78, 5) is 0.0619. The van der Waals surface area contributed by atoms with Crippen molar-refractivity contribution in [2.45, 2.75) is 15.9 Å². The lowest BCUT2D eigenvalue weighted by atomic mass is 10.3. The number of nitrogens with zero attached hydrogens (tertiary/aromatic N) is 1. The molecular weight excluding hydrogens is 362 g/mol. The molecule has 124 valence electrons. The fourth-order valence-electron chi connectivity index (χ4n) is 2.31. The van der Waals surface area contributed by atoms with Gasteiger partial charge in [-0.1, -0.05) is 17.7 Å². The summed E-state index contributed by atoms with van der Waals surface area (Å²) in [6.07, 6.45) is 1.40. The molecular formula is C14H14ClNO5S2. The van der Waals surface area contributed by atoms with Gasteiger partial charge in [0.2, 0.25) is 10.0 Å². The summed E-state index contributed by atoms with van der Waals surface area (Å²) in [5.41, 5.74) is 0. The molecule has 0 N–H and O–H groups in total. The molecule has 1 aromatic carbocycles. The van der Waals surface area contributed by atoms with Gasteiger partial charge in [-0.3, -0.25) is 0 Å². The minimum atomic E-state index is -3.72. The van der Waals surface area contributed by atoms with Crippen LogP contribution >= 0.6 is 11.6 Å². The van der Waals surface area contributed by atoms with E-state index in [0.717, 1.165) is 4.31 Å². The van der Waals surface area contributed by atoms with E-state index in [2.05, 4.69) is 0 Å². The normalized spacial score (nSPS) is 17.1. The molecule has 0 unspecified atom stereocenters. The zero-order valence-electron chi connectivity index (χ0n) is 11.9. The van der Waals surface area contributed by atoms with Crippen molar-refractivity contribution < 1.29 is 21.3 Å². The van der Waals surface area contributed by atoms with Crippen molar-refractivity contribution >= 4 is 31.5 Å². The van der Waals surface area contributed by atoms with Gasteiger partial charge < -0.3 is 4.42 Å². The van der Waals surface area contributed by atoms with Crippen LogP contribution in [-0.2, 0) is 25.6 Å². The van der Waals surface area contributed by atoms with E-state index in [0.29, 0.717) is 10.8 Å². The number of benzene rings is 1. The van der Waals surface area contributed by atoms with Gasteiger partial charge in [0.25, 0.3) is 0 Å². The van der Waals surface area contributed by atoms with Crippen molar-refractivity contribution in [3.8, 4) is 0 Å². The molecule has 6 nitrogen and oxygen atoms in total. The Morgan fingerprint density at radius 3 is 2.48 bits per heavy atom. The topological polar surface area (TPSA) is 84.7 Å². The fraction of sp³-hybridized carbons (Fsp3) is 0.286. The molecule has 0 spiro atoms. The van der Waals surface area contributed by atoms with Gasteiger partial charge in [-0.15, -0.1) is 0 Å². The molecule has 2 heterocycles. The Labute approximate surface area is 139 Å². The van der Waals surface area contributed by atoms with Crippen molar-refractivity contribution in [2.24, 2.45) is 0 Å². The van der Waals surface area contributed by atoms with Crippen LogP contribution in [0.2, 0.25) is 5.02 Å². The second-order valence-electron chi connectivity index (χ2n) is 5.29. The Kier molecular flexibility index (Phi) is 4.26. The smallest absolute Gasteiger partial charge is 0.243 e. The molecule has 1 aliphatic rings. The van der Waals surface area contributed by atoms with E-state index >= 15 is 0 Å². The second-order valence-corrected chi connectivity index (χ2v) is 9.94. The Balaban J connectivity index is 1.71. The van der Waals surface area contributed by atoms with Crippen LogP contribution in [0.1, 0.15) is 5.76 Å². The average molecular weight is 376 g/mol. The number of halogens is 1. The summed E-state index contributed by atoms with van der Waals surface area (Å²) in [6.45, 7) is -0.115. The third-order valence-electron chi connectivity index (χ3n) is 3.68. The molecule has 9 heteroatoms. The van der Waals surface area contributed by atoms with Crippen LogP contribution in [-0.4, -0.2) is 39.5 Å². The number of sulfonamides is 1. The summed E-state index contributed by atoms with van der Waals surface area (Å²) in [7, 11) is -7.17. The number of hydrogen-bond donors (Lipinski definition) is 0. The van der Waals surface area contributed by atoms with Gasteiger partial charge >= 0.3 is 0 Å². The minimum absolute atomic E-state index is 0.0577. The standard InChI is InChI=1S/C14H14ClNO5S2/c15-11-3-1-5-13(7-11)23(19,20)16-8-14(9-16)22(17,18)10-12-4-2-6-21-12/h1-7,14H,8-10H2. The number of sulfone groups is 1. The maximum atomic E-state index is 12.4. The van der Waals surface area contributed by atoms with Crippen molar-refractivity contribution in [2.75, 3.05) is 13.1 Å². The molecule has 2 aromatic rings. The van der Waals surface area contributed by atoms with E-state index in [-0.39, 0.29) is 23.7 Å². The van der Waals surface area contributed by atoms with E-state index in [1.807, 2.05) is 0 Å². The third kappa shape index (κ3) is 3.30. The summed E-state index contributed by atoms with van der Waals surface area (Å²) in [6, 6.07) is 9.10. The molecule has 0 bridgehead atoms. The zero-order chi connectivity index (χ0) is 16.7. The highest BCUT2D eigenvalue weighted by Crippen LogP contribution is 2.28. The van der Waals surface area contributed by atoms with Gasteiger partial charge in [0.05, 0.1) is 16.4 Å². The van der Waals surface area contributed by atoms with Crippen LogP contribution in [0.15, 0.2) is 52.0 Å². The zero-order valence-corrected chi connectivity index (χ0v) is 14.3. The van der Waals surface area contributed by atoms with Crippen molar-refractivity contribution in [3.05, 3.63) is 53.4 Å². The molecule has 0 radical (unpaired) electrons. The van der Waals surface area contributed by atoms with Crippen molar-refractivity contribution in [1.82, 2.24) is 4.31 Å². The average Bonchev–Trinajstić information content (AvgIpc) is 2.88. The van der Waals surface area contributed by atoms with E-state index in [1.165, 1.54) is 18.4 Å². The molecule has 1 aliphatic heterocycles. The lowest BCUT2D eigenvalue weighted by Crippen LogP contribution is -2.56.